The molecular formula is C24H12Cl2N2O3. The van der Waals surface area contributed by atoms with Crippen LogP contribution in [0, 0.1) is 0 Å². The van der Waals surface area contributed by atoms with Gasteiger partial charge in [-0.2, -0.15) is 0 Å². The molecule has 2 heterocycles. The first-order chi connectivity index (χ1) is 15.0. The molecule has 0 radical (unpaired) electrons. The number of cyclic esters (lactones) is 1. The van der Waals surface area contributed by atoms with E-state index in [0.717, 1.165) is 0 Å². The number of hydrogen-bond acceptors (Lipinski definition) is 5. The molecule has 0 unspecified atom stereocenters. The molecule has 1 aliphatic heterocycles. The largest absolute Gasteiger partial charge is 0.419 e. The number of carbonyl (C=O) groups excluding carboxylic acids is 2. The highest BCUT2D eigenvalue weighted by Crippen LogP contribution is 2.38. The van der Waals surface area contributed by atoms with Crippen LogP contribution >= 0.6 is 23.2 Å². The molecule has 0 bridgehead atoms. The van der Waals surface area contributed by atoms with Crippen LogP contribution < -0.4 is 0 Å². The highest BCUT2D eigenvalue weighted by atomic mass is 35.5. The predicted molar refractivity (Wildman–Crippen MR) is 119 cm³/mol. The van der Waals surface area contributed by atoms with E-state index in [-0.39, 0.29) is 17.0 Å². The zero-order valence-corrected chi connectivity index (χ0v) is 17.3. The normalized spacial score (nSPS) is 13.7. The quantitative estimate of drug-likeness (QED) is 0.302. The number of esters is 1. The van der Waals surface area contributed by atoms with Gasteiger partial charge in [0.2, 0.25) is 0 Å². The number of ether oxygens (including phenoxy) is 1. The van der Waals surface area contributed by atoms with Gasteiger partial charge < -0.3 is 4.74 Å². The Hall–Kier alpha value is -3.54. The van der Waals surface area contributed by atoms with Crippen molar-refractivity contribution in [3.05, 3.63) is 94.1 Å². The van der Waals surface area contributed by atoms with Gasteiger partial charge in [0, 0.05) is 21.2 Å². The molecule has 5 nitrogen and oxygen atoms in total. The van der Waals surface area contributed by atoms with Crippen LogP contribution in [0.5, 0.6) is 0 Å². The maximum atomic E-state index is 12.9. The first kappa shape index (κ1) is 19.4. The van der Waals surface area contributed by atoms with E-state index >= 15 is 0 Å². The number of halogens is 2. The fourth-order valence-corrected chi connectivity index (χ4v) is 3.65. The smallest absolute Gasteiger partial charge is 0.385 e. The number of fused-ring (bicyclic) bond motifs is 1. The molecule has 0 fully saturated rings. The third-order valence-corrected chi connectivity index (χ3v) is 5.37. The topological polar surface area (TPSA) is 69.2 Å². The Balaban J connectivity index is 1.83. The molecule has 0 atom stereocenters. The van der Waals surface area contributed by atoms with Crippen LogP contribution in [0.4, 0.5) is 0 Å². The molecule has 5 rings (SSSR count). The molecule has 4 aromatic rings. The molecule has 0 saturated carbocycles. The molecule has 0 spiro atoms. The minimum Gasteiger partial charge on any atom is -0.419 e. The van der Waals surface area contributed by atoms with Gasteiger partial charge in [-0.1, -0.05) is 47.5 Å². The summed E-state index contributed by atoms with van der Waals surface area (Å²) in [6.07, 6.45) is 0. The van der Waals surface area contributed by atoms with Crippen molar-refractivity contribution >= 4 is 57.3 Å². The van der Waals surface area contributed by atoms with Crippen molar-refractivity contribution in [2.24, 2.45) is 0 Å². The van der Waals surface area contributed by atoms with Gasteiger partial charge in [-0.05, 0) is 48.5 Å². The zero-order chi connectivity index (χ0) is 21.5. The molecule has 0 N–H and O–H groups in total. The van der Waals surface area contributed by atoms with Crippen LogP contribution in [0.2, 0.25) is 10.0 Å². The van der Waals surface area contributed by atoms with E-state index in [4.69, 9.17) is 37.9 Å². The molecule has 0 amide bonds. The highest BCUT2D eigenvalue weighted by Gasteiger charge is 2.38. The molecule has 150 valence electrons. The maximum absolute atomic E-state index is 12.9. The van der Waals surface area contributed by atoms with Gasteiger partial charge in [0.15, 0.2) is 5.76 Å². The van der Waals surface area contributed by atoms with Crippen molar-refractivity contribution in [2.75, 3.05) is 0 Å². The van der Waals surface area contributed by atoms with Crippen molar-refractivity contribution in [1.29, 1.82) is 0 Å². The van der Waals surface area contributed by atoms with Gasteiger partial charge >= 0.3 is 5.97 Å². The molecule has 0 aliphatic carbocycles. The summed E-state index contributed by atoms with van der Waals surface area (Å²) in [7, 11) is 0. The van der Waals surface area contributed by atoms with Crippen LogP contribution in [-0.2, 0) is 14.3 Å². The Kier molecular flexibility index (Phi) is 4.77. The summed E-state index contributed by atoms with van der Waals surface area (Å²) in [6.45, 7) is 0. The number of nitrogens with zero attached hydrogens (tertiary/aromatic N) is 2. The van der Waals surface area contributed by atoms with E-state index in [1.54, 1.807) is 54.6 Å². The Morgan fingerprint density at radius 2 is 1.16 bits per heavy atom. The summed E-state index contributed by atoms with van der Waals surface area (Å²) in [5.74, 6) is -1.60. The molecule has 3 aromatic carbocycles. The second-order valence-electron chi connectivity index (χ2n) is 6.85. The van der Waals surface area contributed by atoms with Crippen LogP contribution in [0.15, 0.2) is 72.8 Å². The molecular weight excluding hydrogens is 435 g/mol. The van der Waals surface area contributed by atoms with Crippen molar-refractivity contribution < 1.29 is 14.3 Å². The van der Waals surface area contributed by atoms with Crippen molar-refractivity contribution in [3.8, 4) is 11.3 Å². The average molecular weight is 447 g/mol. The molecule has 31 heavy (non-hydrogen) atoms. The summed E-state index contributed by atoms with van der Waals surface area (Å²) in [5, 5.41) is 1.09. The van der Waals surface area contributed by atoms with Gasteiger partial charge in [0.1, 0.15) is 11.3 Å². The summed E-state index contributed by atoms with van der Waals surface area (Å²) in [5.41, 5.74) is 3.26. The number of aromatic nitrogens is 2. The number of para-hydroxylation sites is 2. The first-order valence-electron chi connectivity index (χ1n) is 9.31. The van der Waals surface area contributed by atoms with Crippen LogP contribution in [0.25, 0.3) is 33.6 Å². The van der Waals surface area contributed by atoms with E-state index in [1.807, 2.05) is 18.2 Å². The van der Waals surface area contributed by atoms with E-state index in [9.17, 15) is 9.59 Å². The maximum Gasteiger partial charge on any atom is 0.385 e. The Bertz CT molecular complexity index is 1400. The SMILES string of the molecule is O=C1OC(c2ccc(Cl)cc2)=C(c2nc3ccccc3nc2-c2ccc(Cl)cc2)C1=O. The first-order valence-corrected chi connectivity index (χ1v) is 10.1. The Morgan fingerprint density at radius 1 is 0.645 bits per heavy atom. The number of rotatable bonds is 3. The lowest BCUT2D eigenvalue weighted by Gasteiger charge is -2.11. The minimum absolute atomic E-state index is 0.0653. The lowest BCUT2D eigenvalue weighted by Crippen LogP contribution is -2.11. The van der Waals surface area contributed by atoms with E-state index in [2.05, 4.69) is 0 Å². The summed E-state index contributed by atoms with van der Waals surface area (Å²) >= 11 is 12.0. The van der Waals surface area contributed by atoms with Crippen molar-refractivity contribution in [1.82, 2.24) is 9.97 Å². The number of benzene rings is 3. The second-order valence-corrected chi connectivity index (χ2v) is 7.72. The summed E-state index contributed by atoms with van der Waals surface area (Å²) < 4.78 is 5.35. The second kappa shape index (κ2) is 7.61. The molecule has 1 aromatic heterocycles. The van der Waals surface area contributed by atoms with Crippen LogP contribution in [0.1, 0.15) is 11.3 Å². The van der Waals surface area contributed by atoms with Gasteiger partial charge in [-0.15, -0.1) is 0 Å². The van der Waals surface area contributed by atoms with Crippen molar-refractivity contribution in [3.63, 3.8) is 0 Å². The van der Waals surface area contributed by atoms with Crippen molar-refractivity contribution in [2.45, 2.75) is 0 Å². The Morgan fingerprint density at radius 3 is 1.74 bits per heavy atom. The van der Waals surface area contributed by atoms with E-state index in [0.29, 0.717) is 37.9 Å². The average Bonchev–Trinajstić information content (AvgIpc) is 3.08. The van der Waals surface area contributed by atoms with Gasteiger partial charge in [-0.25, -0.2) is 14.8 Å². The third kappa shape index (κ3) is 3.48. The lowest BCUT2D eigenvalue weighted by atomic mass is 9.98. The molecule has 7 heteroatoms. The number of ketones is 1. The summed E-state index contributed by atoms with van der Waals surface area (Å²) in [6, 6.07) is 21.0. The predicted octanol–water partition coefficient (Wildman–Crippen LogP) is 5.60. The number of hydrogen-bond donors (Lipinski definition) is 0. The Labute approximate surface area is 186 Å². The zero-order valence-electron chi connectivity index (χ0n) is 15.8. The van der Waals surface area contributed by atoms with Gasteiger partial charge in [0.05, 0.1) is 16.7 Å². The van der Waals surface area contributed by atoms with Gasteiger partial charge in [0.25, 0.3) is 5.78 Å². The number of carbonyl (C=O) groups is 2. The highest BCUT2D eigenvalue weighted by molar-refractivity contribution is 6.58. The van der Waals surface area contributed by atoms with Crippen LogP contribution in [-0.4, -0.2) is 21.7 Å². The van der Waals surface area contributed by atoms with E-state index in [1.165, 1.54) is 0 Å². The standard InChI is InChI=1S/C24H12Cl2N2O3/c25-15-9-5-13(6-10-15)20-21(28-18-4-2-1-3-17(18)27-20)19-22(29)24(30)31-23(19)14-7-11-16(26)12-8-14/h1-12H. The fraction of sp³-hybridized carbons (Fsp3) is 0. The fourth-order valence-electron chi connectivity index (χ4n) is 3.40. The van der Waals surface area contributed by atoms with E-state index < -0.39 is 11.8 Å². The minimum atomic E-state index is -0.961. The van der Waals surface area contributed by atoms with Crippen LogP contribution in [0.3, 0.4) is 0 Å². The summed E-state index contributed by atoms with van der Waals surface area (Å²) in [4.78, 5) is 34.6. The van der Waals surface area contributed by atoms with Gasteiger partial charge in [-0.3, -0.25) is 4.79 Å². The number of Topliss-reactive ketones (excluding diaryl/α,β-unsaturated/α-hetero) is 1. The molecule has 0 saturated heterocycles. The third-order valence-electron chi connectivity index (χ3n) is 4.87. The lowest BCUT2D eigenvalue weighted by molar-refractivity contribution is -0.144. The molecule has 1 aliphatic rings. The monoisotopic (exact) mass is 446 g/mol.